The molecule has 0 amide bonds. The van der Waals surface area contributed by atoms with Gasteiger partial charge in [0.25, 0.3) is 5.69 Å². The number of nitro benzene ring substituents is 1. The van der Waals surface area contributed by atoms with Gasteiger partial charge in [0, 0.05) is 18.7 Å². The van der Waals surface area contributed by atoms with Gasteiger partial charge in [0.05, 0.1) is 9.40 Å². The molecule has 1 aliphatic carbocycles. The number of carboxylic acid groups (broad SMARTS) is 1. The predicted molar refractivity (Wildman–Crippen MR) is 88.1 cm³/mol. The monoisotopic (exact) mass is 382 g/mol. The van der Waals surface area contributed by atoms with E-state index < -0.39 is 16.9 Å². The van der Waals surface area contributed by atoms with Gasteiger partial charge in [0.2, 0.25) is 0 Å². The number of rotatable bonds is 4. The molecule has 1 aromatic rings. The second kappa shape index (κ2) is 6.57. The number of nitro groups is 1. The summed E-state index contributed by atoms with van der Waals surface area (Å²) in [7, 11) is 0. The van der Waals surface area contributed by atoms with Crippen molar-refractivity contribution in [2.45, 2.75) is 50.7 Å². The first-order valence-electron chi connectivity index (χ1n) is 7.88. The number of hydrogen-bond donors (Lipinski definition) is 1. The van der Waals surface area contributed by atoms with Crippen LogP contribution >= 0.6 is 15.9 Å². The highest BCUT2D eigenvalue weighted by Gasteiger charge is 2.45. The zero-order valence-electron chi connectivity index (χ0n) is 12.7. The molecule has 0 aromatic heterocycles. The van der Waals surface area contributed by atoms with Gasteiger partial charge in [-0.05, 0) is 52.7 Å². The quantitative estimate of drug-likeness (QED) is 0.635. The Morgan fingerprint density at radius 1 is 1.39 bits per heavy atom. The molecule has 1 aromatic carbocycles. The molecule has 1 saturated carbocycles. The first-order chi connectivity index (χ1) is 11.0. The van der Waals surface area contributed by atoms with E-state index in [0.717, 1.165) is 24.8 Å². The molecule has 0 bridgehead atoms. The van der Waals surface area contributed by atoms with Crippen molar-refractivity contribution in [1.29, 1.82) is 0 Å². The first kappa shape index (κ1) is 16.4. The third-order valence-corrected chi connectivity index (χ3v) is 5.75. The van der Waals surface area contributed by atoms with Gasteiger partial charge in [-0.1, -0.05) is 18.9 Å². The highest BCUT2D eigenvalue weighted by Crippen LogP contribution is 2.41. The van der Waals surface area contributed by atoms with Crippen molar-refractivity contribution >= 4 is 27.6 Å². The molecule has 2 aliphatic rings. The fraction of sp³-hybridized carbons (Fsp3) is 0.562. The van der Waals surface area contributed by atoms with Crippen molar-refractivity contribution in [3.05, 3.63) is 38.3 Å². The van der Waals surface area contributed by atoms with Gasteiger partial charge >= 0.3 is 5.97 Å². The highest BCUT2D eigenvalue weighted by atomic mass is 79.9. The summed E-state index contributed by atoms with van der Waals surface area (Å²) in [6.07, 6.45) is 5.10. The maximum Gasteiger partial charge on any atom is 0.320 e. The molecular weight excluding hydrogens is 364 g/mol. The third-order valence-electron chi connectivity index (χ3n) is 5.08. The fourth-order valence-electron chi connectivity index (χ4n) is 4.03. The van der Waals surface area contributed by atoms with E-state index in [1.54, 1.807) is 12.1 Å². The van der Waals surface area contributed by atoms with E-state index in [1.807, 2.05) is 11.0 Å². The van der Waals surface area contributed by atoms with Gasteiger partial charge in [0.15, 0.2) is 0 Å². The van der Waals surface area contributed by atoms with Crippen LogP contribution in [0.2, 0.25) is 0 Å². The van der Waals surface area contributed by atoms with Gasteiger partial charge < -0.3 is 5.11 Å². The van der Waals surface area contributed by atoms with Crippen LogP contribution in [0.15, 0.2) is 22.7 Å². The summed E-state index contributed by atoms with van der Waals surface area (Å²) in [5, 5.41) is 20.6. The fourth-order valence-corrected chi connectivity index (χ4v) is 4.42. The Morgan fingerprint density at radius 3 is 2.83 bits per heavy atom. The Labute approximate surface area is 142 Å². The lowest BCUT2D eigenvalue weighted by Gasteiger charge is -2.33. The molecular formula is C16H19BrN2O4. The normalized spacial score (nSPS) is 27.6. The molecule has 124 valence electrons. The molecule has 7 heteroatoms. The molecule has 3 atom stereocenters. The number of carboxylic acids is 1. The zero-order valence-corrected chi connectivity index (χ0v) is 14.2. The third kappa shape index (κ3) is 3.26. The van der Waals surface area contributed by atoms with Crippen molar-refractivity contribution < 1.29 is 14.8 Å². The first-order valence-corrected chi connectivity index (χ1v) is 8.68. The number of aliphatic carboxylic acids is 1. The molecule has 1 heterocycles. The summed E-state index contributed by atoms with van der Waals surface area (Å²) in [5.41, 5.74) is 0.811. The van der Waals surface area contributed by atoms with Crippen molar-refractivity contribution in [3.8, 4) is 0 Å². The van der Waals surface area contributed by atoms with E-state index in [4.69, 9.17) is 0 Å². The Kier molecular flexibility index (Phi) is 4.68. The average molecular weight is 383 g/mol. The SMILES string of the molecule is O=C(O)C1CC2CCCCC2N1Cc1ccc(Br)c([N+](=O)[O-])c1. The molecule has 23 heavy (non-hydrogen) atoms. The van der Waals surface area contributed by atoms with Gasteiger partial charge in [-0.3, -0.25) is 19.8 Å². The minimum Gasteiger partial charge on any atom is -0.480 e. The van der Waals surface area contributed by atoms with Crippen LogP contribution in [-0.4, -0.2) is 33.0 Å². The summed E-state index contributed by atoms with van der Waals surface area (Å²) in [6.45, 7) is 0.451. The zero-order chi connectivity index (χ0) is 16.6. The lowest BCUT2D eigenvalue weighted by atomic mass is 9.84. The van der Waals surface area contributed by atoms with Crippen LogP contribution in [0.1, 0.15) is 37.7 Å². The van der Waals surface area contributed by atoms with E-state index in [2.05, 4.69) is 15.9 Å². The second-order valence-corrected chi connectivity index (χ2v) is 7.27. The van der Waals surface area contributed by atoms with E-state index in [1.165, 1.54) is 6.42 Å². The van der Waals surface area contributed by atoms with Gasteiger partial charge in [-0.25, -0.2) is 0 Å². The van der Waals surface area contributed by atoms with Crippen molar-refractivity contribution in [2.24, 2.45) is 5.92 Å². The van der Waals surface area contributed by atoms with Gasteiger partial charge in [0.1, 0.15) is 6.04 Å². The van der Waals surface area contributed by atoms with Gasteiger partial charge in [-0.15, -0.1) is 0 Å². The van der Waals surface area contributed by atoms with Crippen LogP contribution in [0.5, 0.6) is 0 Å². The van der Waals surface area contributed by atoms with Crippen LogP contribution in [0.3, 0.4) is 0 Å². The van der Waals surface area contributed by atoms with Gasteiger partial charge in [-0.2, -0.15) is 0 Å². The molecule has 1 saturated heterocycles. The van der Waals surface area contributed by atoms with Crippen LogP contribution in [0, 0.1) is 16.0 Å². The Hall–Kier alpha value is -1.47. The van der Waals surface area contributed by atoms with Crippen LogP contribution in [0.25, 0.3) is 0 Å². The largest absolute Gasteiger partial charge is 0.480 e. The Morgan fingerprint density at radius 2 is 2.13 bits per heavy atom. The number of carbonyl (C=O) groups is 1. The topological polar surface area (TPSA) is 83.7 Å². The van der Waals surface area contributed by atoms with Crippen LogP contribution in [-0.2, 0) is 11.3 Å². The molecule has 6 nitrogen and oxygen atoms in total. The van der Waals surface area contributed by atoms with E-state index >= 15 is 0 Å². The molecule has 1 N–H and O–H groups in total. The number of nitrogens with zero attached hydrogens (tertiary/aromatic N) is 2. The standard InChI is InChI=1S/C16H19BrN2O4/c17-12-6-5-10(7-14(12)19(22)23)9-18-13-4-2-1-3-11(13)8-15(18)16(20)21/h5-7,11,13,15H,1-4,8-9H2,(H,20,21). The van der Waals surface area contributed by atoms with E-state index in [-0.39, 0.29) is 11.7 Å². The molecule has 0 radical (unpaired) electrons. The lowest BCUT2D eigenvalue weighted by molar-refractivity contribution is -0.385. The number of benzene rings is 1. The lowest BCUT2D eigenvalue weighted by Crippen LogP contribution is -2.41. The molecule has 3 unspecified atom stereocenters. The molecule has 3 rings (SSSR count). The summed E-state index contributed by atoms with van der Waals surface area (Å²) in [6, 6.07) is 4.83. The summed E-state index contributed by atoms with van der Waals surface area (Å²) >= 11 is 3.18. The smallest absolute Gasteiger partial charge is 0.320 e. The van der Waals surface area contributed by atoms with Crippen LogP contribution in [0.4, 0.5) is 5.69 Å². The molecule has 1 aliphatic heterocycles. The Bertz CT molecular complexity index is 637. The Balaban J connectivity index is 1.86. The summed E-state index contributed by atoms with van der Waals surface area (Å²) in [4.78, 5) is 24.3. The number of hydrogen-bond acceptors (Lipinski definition) is 4. The second-order valence-electron chi connectivity index (χ2n) is 6.42. The minimum absolute atomic E-state index is 0.0220. The molecule has 0 spiro atoms. The van der Waals surface area contributed by atoms with E-state index in [9.17, 15) is 20.0 Å². The maximum absolute atomic E-state index is 11.6. The van der Waals surface area contributed by atoms with Crippen molar-refractivity contribution in [2.75, 3.05) is 0 Å². The van der Waals surface area contributed by atoms with Crippen molar-refractivity contribution in [1.82, 2.24) is 4.90 Å². The summed E-state index contributed by atoms with van der Waals surface area (Å²) < 4.78 is 0.443. The minimum atomic E-state index is -0.786. The number of likely N-dealkylation sites (tertiary alicyclic amines) is 1. The summed E-state index contributed by atoms with van der Waals surface area (Å²) in [5.74, 6) is -0.346. The average Bonchev–Trinajstić information content (AvgIpc) is 2.88. The van der Waals surface area contributed by atoms with Crippen molar-refractivity contribution in [3.63, 3.8) is 0 Å². The maximum atomic E-state index is 11.6. The number of halogens is 1. The van der Waals surface area contributed by atoms with Crippen LogP contribution < -0.4 is 0 Å². The predicted octanol–water partition coefficient (Wildman–Crippen LogP) is 3.58. The number of fused-ring (bicyclic) bond motifs is 1. The molecule has 2 fully saturated rings. The highest BCUT2D eigenvalue weighted by molar-refractivity contribution is 9.10. The van der Waals surface area contributed by atoms with E-state index in [0.29, 0.717) is 23.4 Å².